The standard InChI is InChI=1S/C14H24N2/c1-12(7-9-16-14(2,3)4)10-13-6-5-8-15-11-13/h5-6,8,11-12,16H,7,9-10H2,1-4H3. The van der Waals surface area contributed by atoms with Crippen molar-refractivity contribution in [3.8, 4) is 0 Å². The molecule has 16 heavy (non-hydrogen) atoms. The predicted octanol–water partition coefficient (Wildman–Crippen LogP) is 3.04. The molecule has 1 unspecified atom stereocenters. The van der Waals surface area contributed by atoms with Crippen molar-refractivity contribution in [1.82, 2.24) is 10.3 Å². The van der Waals surface area contributed by atoms with Crippen LogP contribution in [0.3, 0.4) is 0 Å². The molecule has 1 rings (SSSR count). The summed E-state index contributed by atoms with van der Waals surface area (Å²) in [6.07, 6.45) is 6.13. The van der Waals surface area contributed by atoms with E-state index in [1.54, 1.807) is 0 Å². The summed E-state index contributed by atoms with van der Waals surface area (Å²) in [5.74, 6) is 0.707. The molecule has 0 bridgehead atoms. The van der Waals surface area contributed by atoms with Gasteiger partial charge >= 0.3 is 0 Å². The Balaban J connectivity index is 2.24. The first kappa shape index (κ1) is 13.2. The van der Waals surface area contributed by atoms with Crippen LogP contribution in [0.15, 0.2) is 24.5 Å². The molecular weight excluding hydrogens is 196 g/mol. The van der Waals surface area contributed by atoms with Crippen molar-refractivity contribution in [3.63, 3.8) is 0 Å². The molecule has 1 aromatic rings. The smallest absolute Gasteiger partial charge is 0.0299 e. The van der Waals surface area contributed by atoms with Crippen LogP contribution in [0.2, 0.25) is 0 Å². The van der Waals surface area contributed by atoms with Crippen LogP contribution in [-0.2, 0) is 6.42 Å². The molecule has 0 spiro atoms. The highest BCUT2D eigenvalue weighted by molar-refractivity contribution is 5.08. The van der Waals surface area contributed by atoms with Crippen LogP contribution in [0.1, 0.15) is 39.7 Å². The van der Waals surface area contributed by atoms with Crippen LogP contribution in [0, 0.1) is 5.92 Å². The van der Waals surface area contributed by atoms with E-state index in [0.717, 1.165) is 13.0 Å². The summed E-state index contributed by atoms with van der Waals surface area (Å²) in [6.45, 7) is 10.0. The van der Waals surface area contributed by atoms with E-state index in [9.17, 15) is 0 Å². The Labute approximate surface area is 99.5 Å². The topological polar surface area (TPSA) is 24.9 Å². The van der Waals surface area contributed by atoms with Crippen LogP contribution in [0.4, 0.5) is 0 Å². The van der Waals surface area contributed by atoms with E-state index in [4.69, 9.17) is 0 Å². The minimum atomic E-state index is 0.230. The van der Waals surface area contributed by atoms with Gasteiger partial charge in [0.15, 0.2) is 0 Å². The Kier molecular flexibility index (Phi) is 4.94. The lowest BCUT2D eigenvalue weighted by Gasteiger charge is -2.21. The van der Waals surface area contributed by atoms with Gasteiger partial charge in [0.2, 0.25) is 0 Å². The zero-order valence-electron chi connectivity index (χ0n) is 11.0. The Bertz CT molecular complexity index is 287. The first-order valence-electron chi connectivity index (χ1n) is 6.11. The molecule has 2 heteroatoms. The fourth-order valence-corrected chi connectivity index (χ4v) is 1.72. The summed E-state index contributed by atoms with van der Waals surface area (Å²) in [6, 6.07) is 4.16. The third-order valence-corrected chi connectivity index (χ3v) is 2.60. The summed E-state index contributed by atoms with van der Waals surface area (Å²) in [5.41, 5.74) is 1.57. The summed E-state index contributed by atoms with van der Waals surface area (Å²) >= 11 is 0. The second kappa shape index (κ2) is 6.00. The van der Waals surface area contributed by atoms with Gasteiger partial charge in [-0.1, -0.05) is 13.0 Å². The molecule has 1 heterocycles. The molecule has 1 atom stereocenters. The van der Waals surface area contributed by atoms with Crippen LogP contribution in [0.5, 0.6) is 0 Å². The minimum Gasteiger partial charge on any atom is -0.312 e. The van der Waals surface area contributed by atoms with Gasteiger partial charge in [0.05, 0.1) is 0 Å². The first-order valence-corrected chi connectivity index (χ1v) is 6.11. The monoisotopic (exact) mass is 220 g/mol. The maximum absolute atomic E-state index is 4.14. The van der Waals surface area contributed by atoms with Crippen molar-refractivity contribution in [2.75, 3.05) is 6.54 Å². The lowest BCUT2D eigenvalue weighted by Crippen LogP contribution is -2.37. The summed E-state index contributed by atoms with van der Waals surface area (Å²) < 4.78 is 0. The molecule has 0 aliphatic rings. The van der Waals surface area contributed by atoms with E-state index in [-0.39, 0.29) is 5.54 Å². The number of rotatable bonds is 5. The maximum atomic E-state index is 4.14. The first-order chi connectivity index (χ1) is 7.47. The number of pyridine rings is 1. The number of nitrogens with zero attached hydrogens (tertiary/aromatic N) is 1. The molecule has 0 aromatic carbocycles. The second-order valence-electron chi connectivity index (χ2n) is 5.64. The summed E-state index contributed by atoms with van der Waals surface area (Å²) in [5, 5.41) is 3.52. The van der Waals surface area contributed by atoms with E-state index in [2.05, 4.69) is 44.1 Å². The Morgan fingerprint density at radius 3 is 2.69 bits per heavy atom. The van der Waals surface area contributed by atoms with Crippen LogP contribution >= 0.6 is 0 Å². The van der Waals surface area contributed by atoms with Crippen LogP contribution in [0.25, 0.3) is 0 Å². The van der Waals surface area contributed by atoms with Gasteiger partial charge in [-0.2, -0.15) is 0 Å². The average molecular weight is 220 g/mol. The number of hydrogen-bond acceptors (Lipinski definition) is 2. The highest BCUT2D eigenvalue weighted by Crippen LogP contribution is 2.10. The van der Waals surface area contributed by atoms with Gasteiger partial charge in [-0.3, -0.25) is 4.98 Å². The molecule has 0 fully saturated rings. The SMILES string of the molecule is CC(CCNC(C)(C)C)Cc1cccnc1. The van der Waals surface area contributed by atoms with Crippen molar-refractivity contribution in [1.29, 1.82) is 0 Å². The highest BCUT2D eigenvalue weighted by Gasteiger charge is 2.09. The van der Waals surface area contributed by atoms with Crippen molar-refractivity contribution in [2.45, 2.75) is 46.1 Å². The fraction of sp³-hybridized carbons (Fsp3) is 0.643. The molecule has 0 radical (unpaired) electrons. The zero-order chi connectivity index (χ0) is 12.0. The predicted molar refractivity (Wildman–Crippen MR) is 69.5 cm³/mol. The van der Waals surface area contributed by atoms with E-state index in [1.807, 2.05) is 18.5 Å². The van der Waals surface area contributed by atoms with Gasteiger partial charge in [-0.25, -0.2) is 0 Å². The third kappa shape index (κ3) is 5.86. The molecule has 0 saturated heterocycles. The molecule has 0 saturated carbocycles. The molecule has 0 amide bonds. The van der Waals surface area contributed by atoms with Crippen molar-refractivity contribution in [2.24, 2.45) is 5.92 Å². The molecular formula is C14H24N2. The largest absolute Gasteiger partial charge is 0.312 e. The molecule has 0 aliphatic heterocycles. The van der Waals surface area contributed by atoms with Crippen LogP contribution < -0.4 is 5.32 Å². The number of hydrogen-bond donors (Lipinski definition) is 1. The van der Waals surface area contributed by atoms with E-state index in [0.29, 0.717) is 5.92 Å². The Morgan fingerprint density at radius 2 is 2.12 bits per heavy atom. The maximum Gasteiger partial charge on any atom is 0.0299 e. The molecule has 1 N–H and O–H groups in total. The van der Waals surface area contributed by atoms with E-state index < -0.39 is 0 Å². The Hall–Kier alpha value is -0.890. The molecule has 2 nitrogen and oxygen atoms in total. The minimum absolute atomic E-state index is 0.230. The van der Waals surface area contributed by atoms with Crippen LogP contribution in [-0.4, -0.2) is 17.1 Å². The average Bonchev–Trinajstić information content (AvgIpc) is 2.17. The van der Waals surface area contributed by atoms with Gasteiger partial charge < -0.3 is 5.32 Å². The summed E-state index contributed by atoms with van der Waals surface area (Å²) in [7, 11) is 0. The lowest BCUT2D eigenvalue weighted by atomic mass is 9.98. The molecule has 0 aliphatic carbocycles. The van der Waals surface area contributed by atoms with E-state index >= 15 is 0 Å². The van der Waals surface area contributed by atoms with Gasteiger partial charge in [0, 0.05) is 17.9 Å². The highest BCUT2D eigenvalue weighted by atomic mass is 14.9. The quantitative estimate of drug-likeness (QED) is 0.825. The van der Waals surface area contributed by atoms with Gasteiger partial charge in [-0.15, -0.1) is 0 Å². The van der Waals surface area contributed by atoms with Crippen molar-refractivity contribution >= 4 is 0 Å². The fourth-order valence-electron chi connectivity index (χ4n) is 1.72. The third-order valence-electron chi connectivity index (χ3n) is 2.60. The molecule has 1 aromatic heterocycles. The molecule has 90 valence electrons. The second-order valence-corrected chi connectivity index (χ2v) is 5.64. The number of nitrogens with one attached hydrogen (secondary N) is 1. The Morgan fingerprint density at radius 1 is 1.38 bits per heavy atom. The van der Waals surface area contributed by atoms with Crippen molar-refractivity contribution < 1.29 is 0 Å². The number of aromatic nitrogens is 1. The summed E-state index contributed by atoms with van der Waals surface area (Å²) in [4.78, 5) is 4.14. The van der Waals surface area contributed by atoms with Gasteiger partial charge in [0.25, 0.3) is 0 Å². The zero-order valence-corrected chi connectivity index (χ0v) is 11.0. The van der Waals surface area contributed by atoms with Crippen molar-refractivity contribution in [3.05, 3.63) is 30.1 Å². The van der Waals surface area contributed by atoms with E-state index in [1.165, 1.54) is 12.0 Å². The van der Waals surface area contributed by atoms with Gasteiger partial charge in [-0.05, 0) is 57.7 Å². The lowest BCUT2D eigenvalue weighted by molar-refractivity contribution is 0.394. The normalized spacial score (nSPS) is 13.8. The van der Waals surface area contributed by atoms with Gasteiger partial charge in [0.1, 0.15) is 0 Å².